The number of hydrogen-bond donors (Lipinski definition) is 1. The molecule has 1 spiro atoms. The van der Waals surface area contributed by atoms with E-state index in [0.29, 0.717) is 24.4 Å². The van der Waals surface area contributed by atoms with Crippen LogP contribution in [0.4, 0.5) is 0 Å². The molecule has 3 heterocycles. The number of carbonyl (C=O) groups is 2. The molecule has 6 heteroatoms. The summed E-state index contributed by atoms with van der Waals surface area (Å²) in [5.74, 6) is 0.283. The Morgan fingerprint density at radius 1 is 1.31 bits per heavy atom. The van der Waals surface area contributed by atoms with Crippen molar-refractivity contribution in [2.45, 2.75) is 57.5 Å². The van der Waals surface area contributed by atoms with Gasteiger partial charge in [-0.25, -0.2) is 0 Å². The van der Waals surface area contributed by atoms with Crippen LogP contribution in [-0.4, -0.2) is 53.8 Å². The maximum absolute atomic E-state index is 13.2. The van der Waals surface area contributed by atoms with Gasteiger partial charge in [-0.15, -0.1) is 0 Å². The zero-order valence-corrected chi connectivity index (χ0v) is 16.2. The summed E-state index contributed by atoms with van der Waals surface area (Å²) in [6.07, 6.45) is 7.11. The highest BCUT2D eigenvalue weighted by Crippen LogP contribution is 2.56. The lowest BCUT2D eigenvalue weighted by Gasteiger charge is -2.31. The maximum atomic E-state index is 13.2. The molecule has 2 aliphatic heterocycles. The molecule has 0 radical (unpaired) electrons. The van der Waals surface area contributed by atoms with Crippen LogP contribution in [0.1, 0.15) is 50.5 Å². The van der Waals surface area contributed by atoms with Gasteiger partial charge in [-0.05, 0) is 73.0 Å². The third-order valence-corrected chi connectivity index (χ3v) is 7.11. The zero-order valence-electron chi connectivity index (χ0n) is 15.4. The first-order valence-corrected chi connectivity index (χ1v) is 10.9. The van der Waals surface area contributed by atoms with E-state index in [2.05, 4.69) is 27.0 Å². The van der Waals surface area contributed by atoms with Crippen molar-refractivity contribution in [2.24, 2.45) is 5.41 Å². The standard InChI is InChI=1S/C20H29N3O2S/c24-18-4-2-1-3-10-22(18)14-19(25)23(13-16-5-11-26-15-16)17-12-20(17)6-8-21-9-7-20/h5,11,15,17,21H,1-4,6-10,12-14H2. The number of piperidine rings is 1. The van der Waals surface area contributed by atoms with E-state index in [4.69, 9.17) is 0 Å². The molecule has 3 fully saturated rings. The largest absolute Gasteiger partial charge is 0.333 e. The van der Waals surface area contributed by atoms with Crippen LogP contribution in [0.2, 0.25) is 0 Å². The van der Waals surface area contributed by atoms with Crippen LogP contribution >= 0.6 is 11.3 Å². The molecule has 1 unspecified atom stereocenters. The number of likely N-dealkylation sites (tertiary alicyclic amines) is 1. The number of hydrogen-bond acceptors (Lipinski definition) is 4. The summed E-state index contributed by atoms with van der Waals surface area (Å²) in [5, 5.41) is 7.65. The van der Waals surface area contributed by atoms with Gasteiger partial charge < -0.3 is 15.1 Å². The molecule has 0 aromatic carbocycles. The Kier molecular flexibility index (Phi) is 5.32. The Hall–Kier alpha value is -1.40. The number of thiophene rings is 1. The highest BCUT2D eigenvalue weighted by molar-refractivity contribution is 7.07. The van der Waals surface area contributed by atoms with E-state index >= 15 is 0 Å². The van der Waals surface area contributed by atoms with Crippen molar-refractivity contribution >= 4 is 23.2 Å². The van der Waals surface area contributed by atoms with Gasteiger partial charge >= 0.3 is 0 Å². The maximum Gasteiger partial charge on any atom is 0.242 e. The van der Waals surface area contributed by atoms with E-state index in [0.717, 1.165) is 58.2 Å². The normalized spacial score (nSPS) is 25.2. The molecule has 1 N–H and O–H groups in total. The molecule has 1 atom stereocenters. The van der Waals surface area contributed by atoms with Crippen LogP contribution < -0.4 is 5.32 Å². The molecule has 0 bridgehead atoms. The van der Waals surface area contributed by atoms with Crippen molar-refractivity contribution in [1.82, 2.24) is 15.1 Å². The molecule has 3 aliphatic rings. The summed E-state index contributed by atoms with van der Waals surface area (Å²) in [5.41, 5.74) is 1.53. The summed E-state index contributed by atoms with van der Waals surface area (Å²) < 4.78 is 0. The second-order valence-electron chi connectivity index (χ2n) is 8.11. The van der Waals surface area contributed by atoms with Crippen molar-refractivity contribution in [3.63, 3.8) is 0 Å². The predicted octanol–water partition coefficient (Wildman–Crippen LogP) is 2.62. The lowest BCUT2D eigenvalue weighted by molar-refractivity contribution is -0.141. The number of rotatable bonds is 5. The zero-order chi connectivity index (χ0) is 18.0. The van der Waals surface area contributed by atoms with Crippen molar-refractivity contribution < 1.29 is 9.59 Å². The van der Waals surface area contributed by atoms with Crippen molar-refractivity contribution in [2.75, 3.05) is 26.2 Å². The van der Waals surface area contributed by atoms with Gasteiger partial charge in [-0.3, -0.25) is 9.59 Å². The van der Waals surface area contributed by atoms with Crippen molar-refractivity contribution in [3.8, 4) is 0 Å². The third kappa shape index (κ3) is 3.81. The quantitative estimate of drug-likeness (QED) is 0.861. The van der Waals surface area contributed by atoms with E-state index < -0.39 is 0 Å². The van der Waals surface area contributed by atoms with Crippen LogP contribution in [0.25, 0.3) is 0 Å². The van der Waals surface area contributed by atoms with Crippen LogP contribution in [-0.2, 0) is 16.1 Å². The van der Waals surface area contributed by atoms with Gasteiger partial charge in [0.1, 0.15) is 0 Å². The number of amides is 2. The average Bonchev–Trinajstić information content (AvgIpc) is 3.13. The summed E-state index contributed by atoms with van der Waals surface area (Å²) in [6.45, 7) is 3.79. The van der Waals surface area contributed by atoms with Crippen LogP contribution in [0.5, 0.6) is 0 Å². The fourth-order valence-electron chi connectivity index (χ4n) is 4.64. The second-order valence-corrected chi connectivity index (χ2v) is 8.89. The van der Waals surface area contributed by atoms with Gasteiger partial charge in [0, 0.05) is 25.6 Å². The van der Waals surface area contributed by atoms with Gasteiger partial charge in [0.05, 0.1) is 6.54 Å². The lowest BCUT2D eigenvalue weighted by Crippen LogP contribution is -2.45. The van der Waals surface area contributed by atoms with E-state index in [-0.39, 0.29) is 18.4 Å². The second kappa shape index (κ2) is 7.69. The smallest absolute Gasteiger partial charge is 0.242 e. The molecule has 2 saturated heterocycles. The minimum atomic E-state index is 0.131. The molecule has 26 heavy (non-hydrogen) atoms. The summed E-state index contributed by atoms with van der Waals surface area (Å²) in [7, 11) is 0. The average molecular weight is 376 g/mol. The Labute approximate surface area is 159 Å². The topological polar surface area (TPSA) is 52.7 Å². The van der Waals surface area contributed by atoms with Crippen molar-refractivity contribution in [3.05, 3.63) is 22.4 Å². The summed E-state index contributed by atoms with van der Waals surface area (Å²) in [4.78, 5) is 29.4. The first kappa shape index (κ1) is 18.0. The van der Waals surface area contributed by atoms with Gasteiger partial charge in [0.2, 0.25) is 11.8 Å². The molecule has 1 aliphatic carbocycles. The van der Waals surface area contributed by atoms with Crippen LogP contribution in [0.15, 0.2) is 16.8 Å². The Balaban J connectivity index is 1.47. The van der Waals surface area contributed by atoms with Gasteiger partial charge in [-0.2, -0.15) is 11.3 Å². The Morgan fingerprint density at radius 2 is 2.15 bits per heavy atom. The minimum Gasteiger partial charge on any atom is -0.333 e. The monoisotopic (exact) mass is 375 g/mol. The third-order valence-electron chi connectivity index (χ3n) is 6.37. The molecule has 1 aromatic rings. The van der Waals surface area contributed by atoms with E-state index in [1.165, 1.54) is 5.56 Å². The summed E-state index contributed by atoms with van der Waals surface area (Å²) in [6, 6.07) is 2.46. The fourth-order valence-corrected chi connectivity index (χ4v) is 5.30. The highest BCUT2D eigenvalue weighted by atomic mass is 32.1. The highest BCUT2D eigenvalue weighted by Gasteiger charge is 2.57. The van der Waals surface area contributed by atoms with Gasteiger partial charge in [-0.1, -0.05) is 6.42 Å². The Morgan fingerprint density at radius 3 is 2.92 bits per heavy atom. The molecular formula is C20H29N3O2S. The van der Waals surface area contributed by atoms with Crippen LogP contribution in [0, 0.1) is 5.41 Å². The Bertz CT molecular complexity index is 639. The van der Waals surface area contributed by atoms with Gasteiger partial charge in [0.15, 0.2) is 0 Å². The molecule has 2 amide bonds. The first-order valence-electron chi connectivity index (χ1n) is 9.97. The van der Waals surface area contributed by atoms with Gasteiger partial charge in [0.25, 0.3) is 0 Å². The van der Waals surface area contributed by atoms with Crippen LogP contribution in [0.3, 0.4) is 0 Å². The van der Waals surface area contributed by atoms with E-state index in [1.54, 1.807) is 16.2 Å². The molecular weight excluding hydrogens is 346 g/mol. The summed E-state index contributed by atoms with van der Waals surface area (Å²) >= 11 is 1.68. The number of nitrogens with zero attached hydrogens (tertiary/aromatic N) is 2. The first-order chi connectivity index (χ1) is 12.7. The predicted molar refractivity (Wildman–Crippen MR) is 103 cm³/mol. The van der Waals surface area contributed by atoms with E-state index in [1.807, 2.05) is 0 Å². The number of carbonyl (C=O) groups excluding carboxylic acids is 2. The molecule has 1 aromatic heterocycles. The SMILES string of the molecule is O=C1CCCCCN1CC(=O)N(Cc1ccsc1)C1CC12CCNCC2. The van der Waals surface area contributed by atoms with Crippen molar-refractivity contribution in [1.29, 1.82) is 0 Å². The fraction of sp³-hybridized carbons (Fsp3) is 0.700. The van der Waals surface area contributed by atoms with E-state index in [9.17, 15) is 9.59 Å². The molecule has 1 saturated carbocycles. The molecule has 5 nitrogen and oxygen atoms in total. The lowest BCUT2D eigenvalue weighted by atomic mass is 9.93. The number of nitrogens with one attached hydrogen (secondary N) is 1. The molecule has 142 valence electrons. The molecule has 4 rings (SSSR count). The minimum absolute atomic E-state index is 0.131.